The molecule has 2 N–H and O–H groups in total. The van der Waals surface area contributed by atoms with Gasteiger partial charge in [0.1, 0.15) is 11.6 Å². The van der Waals surface area contributed by atoms with Crippen LogP contribution in [0.15, 0.2) is 6.20 Å². The molecule has 2 heterocycles. The molecule has 0 saturated heterocycles. The number of amides is 1. The molecule has 5 nitrogen and oxygen atoms in total. The lowest BCUT2D eigenvalue weighted by Gasteiger charge is -2.25. The number of hydrogen-bond acceptors (Lipinski definition) is 3. The predicted molar refractivity (Wildman–Crippen MR) is 60.5 cm³/mol. The number of nitrogens with zero attached hydrogens (tertiary/aromatic N) is 2. The molecule has 0 aliphatic carbocycles. The Morgan fingerprint density at radius 2 is 2.16 bits per heavy atom. The standard InChI is InChI=1S/C11H14F3N3O2/c1-10(19,11(12,13)14)9(18)16-8-6-15-7-4-2-3-5-17(7)8/h6,19H,2-5H2,1H3,(H,16,18)/t10-/m0/s1. The number of hydrogen-bond donors (Lipinski definition) is 2. The van der Waals surface area contributed by atoms with Crippen molar-refractivity contribution in [1.29, 1.82) is 0 Å². The van der Waals surface area contributed by atoms with E-state index in [1.807, 2.05) is 0 Å². The Morgan fingerprint density at radius 3 is 2.79 bits per heavy atom. The van der Waals surface area contributed by atoms with Gasteiger partial charge in [-0.25, -0.2) is 4.98 Å². The van der Waals surface area contributed by atoms with Crippen LogP contribution in [0.25, 0.3) is 0 Å². The fourth-order valence-corrected chi connectivity index (χ4v) is 1.88. The van der Waals surface area contributed by atoms with Crippen molar-refractivity contribution >= 4 is 11.7 Å². The third kappa shape index (κ3) is 2.44. The number of imidazole rings is 1. The number of halogens is 3. The van der Waals surface area contributed by atoms with Crippen LogP contribution in [-0.4, -0.2) is 32.3 Å². The number of carbonyl (C=O) groups is 1. The highest BCUT2D eigenvalue weighted by atomic mass is 19.4. The maximum Gasteiger partial charge on any atom is 0.426 e. The number of aryl methyl sites for hydroxylation is 1. The van der Waals surface area contributed by atoms with Crippen molar-refractivity contribution in [2.75, 3.05) is 5.32 Å². The Morgan fingerprint density at radius 1 is 1.47 bits per heavy atom. The maximum absolute atomic E-state index is 12.5. The second-order valence-corrected chi connectivity index (χ2v) is 4.69. The van der Waals surface area contributed by atoms with Crippen LogP contribution >= 0.6 is 0 Å². The molecule has 0 aromatic carbocycles. The molecule has 0 fully saturated rings. The molecule has 106 valence electrons. The zero-order valence-corrected chi connectivity index (χ0v) is 10.3. The quantitative estimate of drug-likeness (QED) is 0.860. The Bertz CT molecular complexity index is 494. The molecule has 2 rings (SSSR count). The van der Waals surface area contributed by atoms with Gasteiger partial charge in [-0.15, -0.1) is 0 Å². The first-order chi connectivity index (χ1) is 8.73. The van der Waals surface area contributed by atoms with Gasteiger partial charge in [0.05, 0.1) is 6.20 Å². The predicted octanol–water partition coefficient (Wildman–Crippen LogP) is 1.47. The van der Waals surface area contributed by atoms with Crippen LogP contribution in [-0.2, 0) is 17.8 Å². The highest BCUT2D eigenvalue weighted by Crippen LogP contribution is 2.31. The van der Waals surface area contributed by atoms with Gasteiger partial charge in [-0.2, -0.15) is 13.2 Å². The maximum atomic E-state index is 12.5. The van der Waals surface area contributed by atoms with E-state index in [4.69, 9.17) is 0 Å². The lowest BCUT2D eigenvalue weighted by molar-refractivity contribution is -0.242. The minimum absolute atomic E-state index is 0.184. The van der Waals surface area contributed by atoms with Crippen LogP contribution in [0.5, 0.6) is 0 Å². The normalized spacial score (nSPS) is 18.6. The summed E-state index contributed by atoms with van der Waals surface area (Å²) in [5.41, 5.74) is -3.42. The zero-order valence-electron chi connectivity index (χ0n) is 10.3. The summed E-state index contributed by atoms with van der Waals surface area (Å²) in [7, 11) is 0. The lowest BCUT2D eigenvalue weighted by atomic mass is 10.1. The molecule has 19 heavy (non-hydrogen) atoms. The first kappa shape index (κ1) is 13.9. The molecule has 0 spiro atoms. The van der Waals surface area contributed by atoms with Crippen LogP contribution in [0, 0.1) is 0 Å². The molecular weight excluding hydrogens is 263 g/mol. The van der Waals surface area contributed by atoms with Crippen molar-refractivity contribution in [2.24, 2.45) is 0 Å². The number of carbonyl (C=O) groups excluding carboxylic acids is 1. The van der Waals surface area contributed by atoms with Crippen LogP contribution < -0.4 is 5.32 Å². The van der Waals surface area contributed by atoms with Crippen LogP contribution in [0.3, 0.4) is 0 Å². The summed E-state index contributed by atoms with van der Waals surface area (Å²) in [6.45, 7) is 1.02. The Hall–Kier alpha value is -1.57. The van der Waals surface area contributed by atoms with Gasteiger partial charge in [0.2, 0.25) is 5.60 Å². The molecule has 1 atom stereocenters. The first-order valence-electron chi connectivity index (χ1n) is 5.88. The van der Waals surface area contributed by atoms with Gasteiger partial charge < -0.3 is 15.0 Å². The molecule has 8 heteroatoms. The molecule has 0 bridgehead atoms. The highest BCUT2D eigenvalue weighted by Gasteiger charge is 2.55. The summed E-state index contributed by atoms with van der Waals surface area (Å²) in [5.74, 6) is -0.592. The van der Waals surface area contributed by atoms with Crippen molar-refractivity contribution in [2.45, 2.75) is 44.5 Å². The third-order valence-electron chi connectivity index (χ3n) is 3.21. The smallest absolute Gasteiger partial charge is 0.373 e. The summed E-state index contributed by atoms with van der Waals surface area (Å²) >= 11 is 0. The van der Waals surface area contributed by atoms with E-state index < -0.39 is 17.7 Å². The van der Waals surface area contributed by atoms with Gasteiger partial charge in [0.15, 0.2) is 0 Å². The largest absolute Gasteiger partial charge is 0.426 e. The molecule has 1 aromatic heterocycles. The SMILES string of the molecule is C[C@](O)(C(=O)Nc1cnc2n1CCCC2)C(F)(F)F. The minimum atomic E-state index is -5.03. The van der Waals surface area contributed by atoms with E-state index in [1.165, 1.54) is 6.20 Å². The molecule has 0 radical (unpaired) electrons. The monoisotopic (exact) mass is 277 g/mol. The summed E-state index contributed by atoms with van der Waals surface area (Å²) in [6.07, 6.45) is -1.15. The van der Waals surface area contributed by atoms with Gasteiger partial charge >= 0.3 is 6.18 Å². The Balaban J connectivity index is 2.18. The lowest BCUT2D eigenvalue weighted by Crippen LogP contribution is -2.52. The minimum Gasteiger partial charge on any atom is -0.373 e. The van der Waals surface area contributed by atoms with Crippen molar-refractivity contribution in [3.8, 4) is 0 Å². The van der Waals surface area contributed by atoms with Crippen LogP contribution in [0.1, 0.15) is 25.6 Å². The van der Waals surface area contributed by atoms with E-state index in [0.29, 0.717) is 13.5 Å². The van der Waals surface area contributed by atoms with E-state index >= 15 is 0 Å². The van der Waals surface area contributed by atoms with E-state index in [1.54, 1.807) is 4.57 Å². The second kappa shape index (κ2) is 4.52. The number of aromatic nitrogens is 2. The second-order valence-electron chi connectivity index (χ2n) is 4.69. The topological polar surface area (TPSA) is 67.2 Å². The van der Waals surface area contributed by atoms with Crippen molar-refractivity contribution in [1.82, 2.24) is 9.55 Å². The molecule has 1 aliphatic rings. The molecule has 1 amide bonds. The summed E-state index contributed by atoms with van der Waals surface area (Å²) in [4.78, 5) is 15.6. The number of rotatable bonds is 2. The van der Waals surface area contributed by atoms with Gasteiger partial charge in [-0.05, 0) is 19.8 Å². The van der Waals surface area contributed by atoms with E-state index in [2.05, 4.69) is 10.3 Å². The van der Waals surface area contributed by atoms with Gasteiger partial charge in [0, 0.05) is 13.0 Å². The molecule has 0 unspecified atom stereocenters. The molecule has 1 aliphatic heterocycles. The third-order valence-corrected chi connectivity index (χ3v) is 3.21. The fraction of sp³-hybridized carbons (Fsp3) is 0.636. The highest BCUT2D eigenvalue weighted by molar-refractivity contribution is 5.96. The Kier molecular flexibility index (Phi) is 3.29. The average molecular weight is 277 g/mol. The number of fused-ring (bicyclic) bond motifs is 1. The van der Waals surface area contributed by atoms with Gasteiger partial charge in [-0.3, -0.25) is 4.79 Å². The van der Waals surface area contributed by atoms with Crippen LogP contribution in [0.2, 0.25) is 0 Å². The fourth-order valence-electron chi connectivity index (χ4n) is 1.88. The molecule has 1 aromatic rings. The molecular formula is C11H14F3N3O2. The molecule has 0 saturated carbocycles. The van der Waals surface area contributed by atoms with E-state index in [9.17, 15) is 23.1 Å². The summed E-state index contributed by atoms with van der Waals surface area (Å²) < 4.78 is 39.2. The van der Waals surface area contributed by atoms with Gasteiger partial charge in [0.25, 0.3) is 5.91 Å². The average Bonchev–Trinajstić information content (AvgIpc) is 2.71. The zero-order chi connectivity index (χ0) is 14.3. The van der Waals surface area contributed by atoms with Crippen molar-refractivity contribution in [3.05, 3.63) is 12.0 Å². The Labute approximate surface area is 107 Å². The number of aliphatic hydroxyl groups is 1. The number of alkyl halides is 3. The van der Waals surface area contributed by atoms with Gasteiger partial charge in [-0.1, -0.05) is 0 Å². The van der Waals surface area contributed by atoms with E-state index in [-0.39, 0.29) is 5.82 Å². The van der Waals surface area contributed by atoms with Crippen molar-refractivity contribution < 1.29 is 23.1 Å². The number of nitrogens with one attached hydrogen (secondary N) is 1. The number of anilines is 1. The van der Waals surface area contributed by atoms with Crippen molar-refractivity contribution in [3.63, 3.8) is 0 Å². The first-order valence-corrected chi connectivity index (χ1v) is 5.88. The van der Waals surface area contributed by atoms with E-state index in [0.717, 1.165) is 25.1 Å². The summed E-state index contributed by atoms with van der Waals surface area (Å²) in [6, 6.07) is 0. The summed E-state index contributed by atoms with van der Waals surface area (Å²) in [5, 5.41) is 11.3. The van der Waals surface area contributed by atoms with Crippen LogP contribution in [0.4, 0.5) is 19.0 Å².